The van der Waals surface area contributed by atoms with Crippen LogP contribution in [0.25, 0.3) is 0 Å². The number of H-pyrrole nitrogens is 1. The van der Waals surface area contributed by atoms with E-state index in [1.54, 1.807) is 31.3 Å². The van der Waals surface area contributed by atoms with E-state index in [1.165, 1.54) is 13.3 Å². The van der Waals surface area contributed by atoms with Gasteiger partial charge in [0.25, 0.3) is 0 Å². The summed E-state index contributed by atoms with van der Waals surface area (Å²) in [6.07, 6.45) is 3.52. The van der Waals surface area contributed by atoms with Crippen LogP contribution in [0.1, 0.15) is 43.7 Å². The van der Waals surface area contributed by atoms with Crippen LogP contribution in [0, 0.1) is 5.92 Å². The zero-order chi connectivity index (χ0) is 20.0. The molecule has 0 aliphatic heterocycles. The van der Waals surface area contributed by atoms with Crippen molar-refractivity contribution in [1.82, 2.24) is 15.3 Å². The van der Waals surface area contributed by atoms with Crippen LogP contribution in [0.4, 0.5) is 5.69 Å². The standard InChI is InChI=1S/C20H26N4O3/c1-12(2)19(13(3)25)24-16-7-5-6-15(8-16)20(27)18(23-14(4)26)9-17-10-21-11-22-17/h5-8,10-12,18-19,24H,9H2,1-4H3,(H,21,22)(H,23,26)/t18-,19-/m0/s1. The van der Waals surface area contributed by atoms with Crippen molar-refractivity contribution in [2.24, 2.45) is 5.92 Å². The molecular weight excluding hydrogens is 344 g/mol. The van der Waals surface area contributed by atoms with Crippen molar-refractivity contribution in [3.8, 4) is 0 Å². The monoisotopic (exact) mass is 370 g/mol. The van der Waals surface area contributed by atoms with Crippen molar-refractivity contribution < 1.29 is 14.4 Å². The Hall–Kier alpha value is -2.96. The Morgan fingerprint density at radius 1 is 1.19 bits per heavy atom. The van der Waals surface area contributed by atoms with Gasteiger partial charge < -0.3 is 15.6 Å². The van der Waals surface area contributed by atoms with Gasteiger partial charge in [-0.3, -0.25) is 14.4 Å². The van der Waals surface area contributed by atoms with Gasteiger partial charge in [-0.15, -0.1) is 0 Å². The number of benzene rings is 1. The summed E-state index contributed by atoms with van der Waals surface area (Å²) >= 11 is 0. The summed E-state index contributed by atoms with van der Waals surface area (Å²) in [5.41, 5.74) is 1.84. The third-order valence-corrected chi connectivity index (χ3v) is 4.24. The first kappa shape index (κ1) is 20.4. The number of Topliss-reactive ketones (excluding diaryl/α,β-unsaturated/α-hetero) is 2. The molecule has 144 valence electrons. The number of nitrogens with zero attached hydrogens (tertiary/aromatic N) is 1. The highest BCUT2D eigenvalue weighted by molar-refractivity contribution is 6.02. The Kier molecular flexibility index (Phi) is 6.87. The number of carbonyl (C=O) groups excluding carboxylic acids is 3. The van der Waals surface area contributed by atoms with Gasteiger partial charge in [-0.05, 0) is 25.0 Å². The molecule has 7 nitrogen and oxygen atoms in total. The molecule has 2 aromatic rings. The summed E-state index contributed by atoms with van der Waals surface area (Å²) in [6, 6.07) is 5.94. The van der Waals surface area contributed by atoms with Crippen molar-refractivity contribution in [1.29, 1.82) is 0 Å². The van der Waals surface area contributed by atoms with Gasteiger partial charge in [-0.25, -0.2) is 4.98 Å². The number of imidazole rings is 1. The Balaban J connectivity index is 2.22. The molecular formula is C20H26N4O3. The van der Waals surface area contributed by atoms with E-state index in [2.05, 4.69) is 20.6 Å². The summed E-state index contributed by atoms with van der Waals surface area (Å²) in [4.78, 5) is 43.3. The molecule has 0 fully saturated rings. The predicted molar refractivity (Wildman–Crippen MR) is 104 cm³/mol. The molecule has 0 saturated carbocycles. The molecule has 0 saturated heterocycles. The van der Waals surface area contributed by atoms with E-state index in [0.29, 0.717) is 23.4 Å². The van der Waals surface area contributed by atoms with Gasteiger partial charge in [0.15, 0.2) is 11.6 Å². The second-order valence-corrected chi connectivity index (χ2v) is 6.94. The van der Waals surface area contributed by atoms with E-state index in [9.17, 15) is 14.4 Å². The van der Waals surface area contributed by atoms with E-state index < -0.39 is 6.04 Å². The van der Waals surface area contributed by atoms with Crippen LogP contribution in [-0.2, 0) is 16.0 Å². The molecule has 1 aromatic carbocycles. The molecule has 1 amide bonds. The number of aromatic nitrogens is 2. The molecule has 0 aliphatic carbocycles. The number of ketones is 2. The molecule has 27 heavy (non-hydrogen) atoms. The molecule has 7 heteroatoms. The average Bonchev–Trinajstić information content (AvgIpc) is 3.11. The zero-order valence-electron chi connectivity index (χ0n) is 16.1. The summed E-state index contributed by atoms with van der Waals surface area (Å²) in [5.74, 6) is -0.333. The van der Waals surface area contributed by atoms with Crippen molar-refractivity contribution in [2.75, 3.05) is 5.32 Å². The smallest absolute Gasteiger partial charge is 0.217 e. The second kappa shape index (κ2) is 9.12. The normalized spacial score (nSPS) is 13.1. The third-order valence-electron chi connectivity index (χ3n) is 4.24. The lowest BCUT2D eigenvalue weighted by molar-refractivity contribution is -0.119. The minimum Gasteiger partial charge on any atom is -0.375 e. The van der Waals surface area contributed by atoms with Gasteiger partial charge in [0.2, 0.25) is 5.91 Å². The molecule has 0 radical (unpaired) electrons. The van der Waals surface area contributed by atoms with Gasteiger partial charge in [-0.1, -0.05) is 26.0 Å². The molecule has 2 atom stereocenters. The van der Waals surface area contributed by atoms with Crippen LogP contribution < -0.4 is 10.6 Å². The van der Waals surface area contributed by atoms with Crippen molar-refractivity contribution in [3.05, 3.63) is 48.0 Å². The summed E-state index contributed by atoms with van der Waals surface area (Å²) in [7, 11) is 0. The van der Waals surface area contributed by atoms with Gasteiger partial charge in [0.1, 0.15) is 0 Å². The lowest BCUT2D eigenvalue weighted by atomic mass is 9.98. The number of nitrogens with one attached hydrogen (secondary N) is 3. The number of aromatic amines is 1. The Morgan fingerprint density at radius 3 is 2.48 bits per heavy atom. The van der Waals surface area contributed by atoms with E-state index in [1.807, 2.05) is 19.9 Å². The van der Waals surface area contributed by atoms with Crippen LogP contribution in [0.5, 0.6) is 0 Å². The van der Waals surface area contributed by atoms with Crippen LogP contribution in [0.3, 0.4) is 0 Å². The summed E-state index contributed by atoms with van der Waals surface area (Å²) in [6.45, 7) is 6.85. The number of anilines is 1. The van der Waals surface area contributed by atoms with E-state index in [4.69, 9.17) is 0 Å². The van der Waals surface area contributed by atoms with Gasteiger partial charge in [0.05, 0.1) is 24.1 Å². The minimum atomic E-state index is -0.713. The zero-order valence-corrected chi connectivity index (χ0v) is 16.1. The number of carbonyl (C=O) groups is 3. The lowest BCUT2D eigenvalue weighted by Crippen LogP contribution is -2.41. The molecule has 0 spiro atoms. The largest absolute Gasteiger partial charge is 0.375 e. The predicted octanol–water partition coefficient (Wildman–Crippen LogP) is 2.37. The molecule has 0 unspecified atom stereocenters. The minimum absolute atomic E-state index is 0.0383. The number of amides is 1. The van der Waals surface area contributed by atoms with E-state index in [0.717, 1.165) is 0 Å². The molecule has 1 aromatic heterocycles. The highest BCUT2D eigenvalue weighted by Gasteiger charge is 2.23. The first-order valence-electron chi connectivity index (χ1n) is 8.94. The fourth-order valence-electron chi connectivity index (χ4n) is 2.95. The number of rotatable bonds is 9. The van der Waals surface area contributed by atoms with Crippen molar-refractivity contribution in [3.63, 3.8) is 0 Å². The molecule has 1 heterocycles. The third kappa shape index (κ3) is 5.77. The molecule has 0 bridgehead atoms. The maximum atomic E-state index is 13.0. The highest BCUT2D eigenvalue weighted by atomic mass is 16.2. The molecule has 2 rings (SSSR count). The maximum absolute atomic E-state index is 13.0. The second-order valence-electron chi connectivity index (χ2n) is 6.94. The lowest BCUT2D eigenvalue weighted by Gasteiger charge is -2.21. The SMILES string of the molecule is CC(=O)N[C@@H](Cc1c[nH]cn1)C(=O)c1cccc(N[C@H](C(C)=O)C(C)C)c1. The van der Waals surface area contributed by atoms with Crippen LogP contribution in [-0.4, -0.2) is 39.5 Å². The van der Waals surface area contributed by atoms with Gasteiger partial charge >= 0.3 is 0 Å². The summed E-state index contributed by atoms with van der Waals surface area (Å²) < 4.78 is 0. The quantitative estimate of drug-likeness (QED) is 0.588. The first-order chi connectivity index (χ1) is 12.8. The fourth-order valence-corrected chi connectivity index (χ4v) is 2.95. The van der Waals surface area contributed by atoms with Crippen molar-refractivity contribution in [2.45, 2.75) is 46.2 Å². The topological polar surface area (TPSA) is 104 Å². The average molecular weight is 370 g/mol. The Morgan fingerprint density at radius 2 is 1.93 bits per heavy atom. The van der Waals surface area contributed by atoms with Crippen LogP contribution in [0.2, 0.25) is 0 Å². The number of hydrogen-bond acceptors (Lipinski definition) is 5. The maximum Gasteiger partial charge on any atom is 0.217 e. The van der Waals surface area contributed by atoms with Crippen LogP contribution in [0.15, 0.2) is 36.8 Å². The molecule has 3 N–H and O–H groups in total. The molecule has 0 aliphatic rings. The van der Waals surface area contributed by atoms with E-state index in [-0.39, 0.29) is 29.4 Å². The van der Waals surface area contributed by atoms with Crippen LogP contribution >= 0.6 is 0 Å². The first-order valence-corrected chi connectivity index (χ1v) is 8.94. The van der Waals surface area contributed by atoms with Gasteiger partial charge in [-0.2, -0.15) is 0 Å². The summed E-state index contributed by atoms with van der Waals surface area (Å²) in [5, 5.41) is 5.89. The Labute approximate surface area is 159 Å². The fraction of sp³-hybridized carbons (Fsp3) is 0.400. The number of hydrogen-bond donors (Lipinski definition) is 3. The van der Waals surface area contributed by atoms with E-state index >= 15 is 0 Å². The Bertz CT molecular complexity index is 799. The van der Waals surface area contributed by atoms with Crippen molar-refractivity contribution >= 4 is 23.2 Å². The van der Waals surface area contributed by atoms with Gasteiger partial charge in [0, 0.05) is 30.8 Å². The highest BCUT2D eigenvalue weighted by Crippen LogP contribution is 2.17.